The molecular weight excluding hydrogens is 352 g/mol. The first-order valence-electron chi connectivity index (χ1n) is 8.19. The van der Waals surface area contributed by atoms with E-state index in [0.717, 1.165) is 33.7 Å². The van der Waals surface area contributed by atoms with Crippen molar-refractivity contribution >= 4 is 44.4 Å². The molecule has 0 saturated heterocycles. The number of anilines is 1. The largest absolute Gasteiger partial charge is 0.494 e. The van der Waals surface area contributed by atoms with Crippen LogP contribution in [0.5, 0.6) is 5.75 Å². The van der Waals surface area contributed by atoms with E-state index in [1.807, 2.05) is 36.6 Å². The Labute approximate surface area is 155 Å². The SMILES string of the molecule is CCCCOc1ccc(C(=O)Nc2nc3c(SC)cccc3s2)cc1. The normalized spacial score (nSPS) is 10.8. The van der Waals surface area contributed by atoms with Gasteiger partial charge >= 0.3 is 0 Å². The van der Waals surface area contributed by atoms with Crippen LogP contribution in [0.4, 0.5) is 5.13 Å². The average molecular weight is 373 g/mol. The molecule has 3 rings (SSSR count). The number of fused-ring (bicyclic) bond motifs is 1. The molecule has 0 bridgehead atoms. The minimum absolute atomic E-state index is 0.162. The van der Waals surface area contributed by atoms with Crippen molar-refractivity contribution in [3.8, 4) is 5.75 Å². The van der Waals surface area contributed by atoms with Crippen molar-refractivity contribution in [1.82, 2.24) is 4.98 Å². The van der Waals surface area contributed by atoms with Crippen LogP contribution in [0.1, 0.15) is 30.1 Å². The second-order valence-electron chi connectivity index (χ2n) is 5.51. The number of nitrogens with one attached hydrogen (secondary N) is 1. The Hall–Kier alpha value is -2.05. The summed E-state index contributed by atoms with van der Waals surface area (Å²) in [6.45, 7) is 2.83. The molecule has 130 valence electrons. The fourth-order valence-corrected chi connectivity index (χ4v) is 3.86. The third kappa shape index (κ3) is 4.32. The summed E-state index contributed by atoms with van der Waals surface area (Å²) < 4.78 is 6.69. The van der Waals surface area contributed by atoms with E-state index in [4.69, 9.17) is 4.74 Å². The molecule has 1 amide bonds. The zero-order valence-corrected chi connectivity index (χ0v) is 15.9. The van der Waals surface area contributed by atoms with Crippen molar-refractivity contribution in [2.24, 2.45) is 0 Å². The van der Waals surface area contributed by atoms with Gasteiger partial charge in [-0.05, 0) is 49.1 Å². The van der Waals surface area contributed by atoms with Crippen LogP contribution in [0, 0.1) is 0 Å². The van der Waals surface area contributed by atoms with Crippen molar-refractivity contribution < 1.29 is 9.53 Å². The predicted octanol–water partition coefficient (Wildman–Crippen LogP) is 5.45. The van der Waals surface area contributed by atoms with E-state index in [0.29, 0.717) is 17.3 Å². The molecule has 0 atom stereocenters. The molecule has 0 aliphatic heterocycles. The Bertz CT molecular complexity index is 859. The molecule has 1 aromatic heterocycles. The van der Waals surface area contributed by atoms with Crippen LogP contribution >= 0.6 is 23.1 Å². The summed E-state index contributed by atoms with van der Waals surface area (Å²) in [6, 6.07) is 13.3. The summed E-state index contributed by atoms with van der Waals surface area (Å²) in [7, 11) is 0. The number of thiazole rings is 1. The van der Waals surface area contributed by atoms with E-state index in [2.05, 4.69) is 17.2 Å². The molecule has 3 aromatic rings. The number of rotatable bonds is 7. The molecule has 0 fully saturated rings. The van der Waals surface area contributed by atoms with Crippen LogP contribution in [0.3, 0.4) is 0 Å². The van der Waals surface area contributed by atoms with Gasteiger partial charge in [-0.25, -0.2) is 4.98 Å². The van der Waals surface area contributed by atoms with Crippen LogP contribution in [-0.2, 0) is 0 Å². The number of nitrogens with zero attached hydrogens (tertiary/aromatic N) is 1. The van der Waals surface area contributed by atoms with Crippen LogP contribution in [0.15, 0.2) is 47.4 Å². The highest BCUT2D eigenvalue weighted by molar-refractivity contribution is 7.98. The number of unbranched alkanes of at least 4 members (excludes halogenated alkanes) is 1. The monoisotopic (exact) mass is 372 g/mol. The van der Waals surface area contributed by atoms with Crippen LogP contribution < -0.4 is 10.1 Å². The number of hydrogen-bond acceptors (Lipinski definition) is 5. The molecular formula is C19H20N2O2S2. The number of thioether (sulfide) groups is 1. The van der Waals surface area contributed by atoms with E-state index in [1.165, 1.54) is 11.3 Å². The maximum atomic E-state index is 12.4. The van der Waals surface area contributed by atoms with E-state index >= 15 is 0 Å². The zero-order valence-electron chi connectivity index (χ0n) is 14.2. The van der Waals surface area contributed by atoms with Gasteiger partial charge in [0.2, 0.25) is 0 Å². The Morgan fingerprint density at radius 2 is 2.04 bits per heavy atom. The summed E-state index contributed by atoms with van der Waals surface area (Å²) in [5, 5.41) is 3.50. The second-order valence-corrected chi connectivity index (χ2v) is 7.39. The first-order valence-corrected chi connectivity index (χ1v) is 10.2. The minimum Gasteiger partial charge on any atom is -0.494 e. The van der Waals surface area contributed by atoms with Crippen LogP contribution in [0.2, 0.25) is 0 Å². The minimum atomic E-state index is -0.162. The summed E-state index contributed by atoms with van der Waals surface area (Å²) in [4.78, 5) is 18.1. The predicted molar refractivity (Wildman–Crippen MR) is 106 cm³/mol. The van der Waals surface area contributed by atoms with Crippen molar-refractivity contribution in [2.75, 3.05) is 18.2 Å². The topological polar surface area (TPSA) is 51.2 Å². The molecule has 0 aliphatic carbocycles. The number of hydrogen-bond donors (Lipinski definition) is 1. The first-order chi connectivity index (χ1) is 12.2. The van der Waals surface area contributed by atoms with E-state index < -0.39 is 0 Å². The van der Waals surface area contributed by atoms with Crippen LogP contribution in [-0.4, -0.2) is 23.8 Å². The number of carbonyl (C=O) groups is 1. The van der Waals surface area contributed by atoms with Gasteiger partial charge in [0.1, 0.15) is 5.75 Å². The Morgan fingerprint density at radius 1 is 1.24 bits per heavy atom. The number of benzene rings is 2. The smallest absolute Gasteiger partial charge is 0.257 e. The lowest BCUT2D eigenvalue weighted by Crippen LogP contribution is -2.11. The number of aromatic nitrogens is 1. The molecule has 25 heavy (non-hydrogen) atoms. The molecule has 1 N–H and O–H groups in total. The summed E-state index contributed by atoms with van der Waals surface area (Å²) in [6.07, 6.45) is 4.15. The molecule has 0 spiro atoms. The Morgan fingerprint density at radius 3 is 2.76 bits per heavy atom. The standard InChI is InChI=1S/C19H20N2O2S2/c1-3-4-12-23-14-10-8-13(9-11-14)18(22)21-19-20-17-15(24-2)6-5-7-16(17)25-19/h5-11H,3-4,12H2,1-2H3,(H,20,21,22). The molecule has 0 aliphatic rings. The Kier molecular flexibility index (Phi) is 5.94. The maximum Gasteiger partial charge on any atom is 0.257 e. The number of para-hydroxylation sites is 1. The Balaban J connectivity index is 1.69. The van der Waals surface area contributed by atoms with Gasteiger partial charge in [-0.2, -0.15) is 0 Å². The summed E-state index contributed by atoms with van der Waals surface area (Å²) in [5.74, 6) is 0.625. The second kappa shape index (κ2) is 8.36. The van der Waals surface area contributed by atoms with Gasteiger partial charge in [-0.1, -0.05) is 30.7 Å². The number of amides is 1. The quantitative estimate of drug-likeness (QED) is 0.443. The summed E-state index contributed by atoms with van der Waals surface area (Å²) >= 11 is 3.14. The van der Waals surface area contributed by atoms with Crippen molar-refractivity contribution in [2.45, 2.75) is 24.7 Å². The fraction of sp³-hybridized carbons (Fsp3) is 0.263. The van der Waals surface area contributed by atoms with Gasteiger partial charge in [0.15, 0.2) is 5.13 Å². The number of ether oxygens (including phenoxy) is 1. The highest BCUT2D eigenvalue weighted by Crippen LogP contribution is 2.32. The van der Waals surface area contributed by atoms with E-state index in [-0.39, 0.29) is 5.91 Å². The lowest BCUT2D eigenvalue weighted by molar-refractivity contribution is 0.102. The molecule has 2 aromatic carbocycles. The highest BCUT2D eigenvalue weighted by atomic mass is 32.2. The zero-order chi connectivity index (χ0) is 17.6. The van der Waals surface area contributed by atoms with Crippen LogP contribution in [0.25, 0.3) is 10.2 Å². The van der Waals surface area contributed by atoms with Gasteiger partial charge in [-0.3, -0.25) is 10.1 Å². The van der Waals surface area contributed by atoms with Gasteiger partial charge in [0, 0.05) is 10.5 Å². The van der Waals surface area contributed by atoms with Gasteiger partial charge < -0.3 is 4.74 Å². The lowest BCUT2D eigenvalue weighted by atomic mass is 10.2. The molecule has 0 saturated carbocycles. The molecule has 6 heteroatoms. The molecule has 0 radical (unpaired) electrons. The average Bonchev–Trinajstić information content (AvgIpc) is 3.04. The van der Waals surface area contributed by atoms with Gasteiger partial charge in [0.25, 0.3) is 5.91 Å². The van der Waals surface area contributed by atoms with Crippen molar-refractivity contribution in [3.05, 3.63) is 48.0 Å². The summed E-state index contributed by atoms with van der Waals surface area (Å²) in [5.41, 5.74) is 1.53. The maximum absolute atomic E-state index is 12.4. The van der Waals surface area contributed by atoms with E-state index in [1.54, 1.807) is 23.9 Å². The fourth-order valence-electron chi connectivity index (χ4n) is 2.35. The molecule has 4 nitrogen and oxygen atoms in total. The van der Waals surface area contributed by atoms with Gasteiger partial charge in [0.05, 0.1) is 16.8 Å². The van der Waals surface area contributed by atoms with Crippen molar-refractivity contribution in [1.29, 1.82) is 0 Å². The number of carbonyl (C=O) groups excluding carboxylic acids is 1. The van der Waals surface area contributed by atoms with E-state index in [9.17, 15) is 4.79 Å². The first kappa shape index (κ1) is 17.8. The lowest BCUT2D eigenvalue weighted by Gasteiger charge is -2.06. The molecule has 0 unspecified atom stereocenters. The van der Waals surface area contributed by atoms with Crippen molar-refractivity contribution in [3.63, 3.8) is 0 Å². The molecule has 1 heterocycles. The third-order valence-electron chi connectivity index (χ3n) is 3.71. The highest BCUT2D eigenvalue weighted by Gasteiger charge is 2.12. The third-order valence-corrected chi connectivity index (χ3v) is 5.41. The van der Waals surface area contributed by atoms with Gasteiger partial charge in [-0.15, -0.1) is 11.8 Å².